The van der Waals surface area contributed by atoms with Crippen molar-refractivity contribution in [1.29, 1.82) is 0 Å². The summed E-state index contributed by atoms with van der Waals surface area (Å²) in [6, 6.07) is 0. The third-order valence-electron chi connectivity index (χ3n) is 3.80. The van der Waals surface area contributed by atoms with Gasteiger partial charge in [0.25, 0.3) is 0 Å². The topological polar surface area (TPSA) is 64.9 Å². The highest BCUT2D eigenvalue weighted by Crippen LogP contribution is 2.45. The summed E-state index contributed by atoms with van der Waals surface area (Å²) < 4.78 is 5.43. The van der Waals surface area contributed by atoms with E-state index in [1.807, 2.05) is 11.8 Å². The summed E-state index contributed by atoms with van der Waals surface area (Å²) in [4.78, 5) is 4.55. The fraction of sp³-hybridized carbons (Fsp3) is 0.833. The molecule has 1 saturated heterocycles. The van der Waals surface area contributed by atoms with Crippen molar-refractivity contribution < 1.29 is 4.52 Å². The lowest BCUT2D eigenvalue weighted by atomic mass is 9.93. The van der Waals surface area contributed by atoms with Gasteiger partial charge in [-0.15, -0.1) is 11.8 Å². The van der Waals surface area contributed by atoms with Crippen LogP contribution in [-0.2, 0) is 10.3 Å². The van der Waals surface area contributed by atoms with E-state index in [1.54, 1.807) is 0 Å². The second-order valence-corrected chi connectivity index (χ2v) is 6.57. The van der Waals surface area contributed by atoms with Crippen LogP contribution in [0, 0.1) is 0 Å². The molecule has 1 atom stereocenters. The van der Waals surface area contributed by atoms with E-state index in [2.05, 4.69) is 30.9 Å². The van der Waals surface area contributed by atoms with Crippen molar-refractivity contribution in [2.24, 2.45) is 5.73 Å². The fourth-order valence-electron chi connectivity index (χ4n) is 2.15. The van der Waals surface area contributed by atoms with Crippen molar-refractivity contribution >= 4 is 11.8 Å². The van der Waals surface area contributed by atoms with Crippen molar-refractivity contribution in [2.75, 3.05) is 5.75 Å². The molecule has 1 unspecified atom stereocenters. The van der Waals surface area contributed by atoms with Gasteiger partial charge in [-0.25, -0.2) is 0 Å². The maximum atomic E-state index is 6.28. The summed E-state index contributed by atoms with van der Waals surface area (Å²) in [5.74, 6) is 2.57. The molecule has 0 aromatic carbocycles. The minimum absolute atomic E-state index is 0.00631. The molecule has 1 aliphatic rings. The maximum absolute atomic E-state index is 6.28. The van der Waals surface area contributed by atoms with Crippen molar-refractivity contribution in [2.45, 2.75) is 56.7 Å². The molecule has 0 saturated carbocycles. The normalized spacial score (nSPS) is 25.4. The molecule has 4 nitrogen and oxygen atoms in total. The molecular formula is C12H21N3OS. The number of nitrogens with zero attached hydrogens (tertiary/aromatic N) is 2. The number of hydrogen-bond acceptors (Lipinski definition) is 5. The summed E-state index contributed by atoms with van der Waals surface area (Å²) in [6.07, 6.45) is 3.97. The van der Waals surface area contributed by atoms with Crippen molar-refractivity contribution in [3.05, 3.63) is 11.7 Å². The van der Waals surface area contributed by atoms with Crippen LogP contribution in [0.2, 0.25) is 0 Å². The quantitative estimate of drug-likeness (QED) is 0.896. The maximum Gasteiger partial charge on any atom is 0.242 e. The lowest BCUT2D eigenvalue weighted by Crippen LogP contribution is -2.36. The Morgan fingerprint density at radius 2 is 2.18 bits per heavy atom. The summed E-state index contributed by atoms with van der Waals surface area (Å²) in [5, 5.41) is 4.10. The first kappa shape index (κ1) is 12.9. The first-order valence-electron chi connectivity index (χ1n) is 6.31. The monoisotopic (exact) mass is 255 g/mol. The largest absolute Gasteiger partial charge is 0.338 e. The summed E-state index contributed by atoms with van der Waals surface area (Å²) in [5.41, 5.74) is 5.84. The summed E-state index contributed by atoms with van der Waals surface area (Å²) >= 11 is 1.90. The zero-order valence-electron chi connectivity index (χ0n) is 10.8. The predicted molar refractivity (Wildman–Crippen MR) is 69.8 cm³/mol. The van der Waals surface area contributed by atoms with E-state index >= 15 is 0 Å². The van der Waals surface area contributed by atoms with Crippen LogP contribution in [0.25, 0.3) is 0 Å². The van der Waals surface area contributed by atoms with E-state index in [-0.39, 0.29) is 4.75 Å². The van der Waals surface area contributed by atoms with Gasteiger partial charge in [-0.2, -0.15) is 4.98 Å². The van der Waals surface area contributed by atoms with Gasteiger partial charge in [0, 0.05) is 0 Å². The molecule has 1 fully saturated rings. The van der Waals surface area contributed by atoms with E-state index in [9.17, 15) is 0 Å². The average Bonchev–Trinajstić information content (AvgIpc) is 2.97. The number of rotatable bonds is 4. The Labute approximate surface area is 107 Å². The molecule has 1 aliphatic heterocycles. The highest BCUT2D eigenvalue weighted by atomic mass is 32.2. The minimum atomic E-state index is -0.443. The van der Waals surface area contributed by atoms with Crippen LogP contribution in [-0.4, -0.2) is 15.9 Å². The molecule has 1 aromatic heterocycles. The molecule has 17 heavy (non-hydrogen) atoms. The van der Waals surface area contributed by atoms with Gasteiger partial charge in [0.05, 0.1) is 10.3 Å². The fourth-order valence-corrected chi connectivity index (χ4v) is 3.39. The Balaban J connectivity index is 2.27. The highest BCUT2D eigenvalue weighted by Gasteiger charge is 2.39. The molecule has 0 spiro atoms. The van der Waals surface area contributed by atoms with Crippen LogP contribution in [0.5, 0.6) is 0 Å². The first-order chi connectivity index (χ1) is 8.04. The third kappa shape index (κ3) is 2.22. The zero-order valence-corrected chi connectivity index (χ0v) is 11.6. The Hall–Kier alpha value is -0.550. The highest BCUT2D eigenvalue weighted by molar-refractivity contribution is 8.00. The zero-order chi connectivity index (χ0) is 12.5. The molecule has 0 radical (unpaired) electrons. The first-order valence-corrected chi connectivity index (χ1v) is 7.30. The van der Waals surface area contributed by atoms with Crippen molar-refractivity contribution in [1.82, 2.24) is 10.1 Å². The van der Waals surface area contributed by atoms with Crippen LogP contribution in [0.15, 0.2) is 4.52 Å². The Morgan fingerprint density at radius 3 is 2.71 bits per heavy atom. The average molecular weight is 255 g/mol. The molecule has 5 heteroatoms. The van der Waals surface area contributed by atoms with Crippen LogP contribution in [0.1, 0.15) is 58.2 Å². The van der Waals surface area contributed by atoms with E-state index in [0.717, 1.165) is 25.2 Å². The van der Waals surface area contributed by atoms with Crippen molar-refractivity contribution in [3.8, 4) is 0 Å². The molecule has 2 N–H and O–H groups in total. The van der Waals surface area contributed by atoms with Crippen LogP contribution in [0.3, 0.4) is 0 Å². The van der Waals surface area contributed by atoms with Gasteiger partial charge < -0.3 is 10.3 Å². The minimum Gasteiger partial charge on any atom is -0.338 e. The lowest BCUT2D eigenvalue weighted by Gasteiger charge is -2.22. The number of thioether (sulfide) groups is 1. The summed E-state index contributed by atoms with van der Waals surface area (Å²) in [7, 11) is 0. The Kier molecular flexibility index (Phi) is 3.50. The molecule has 0 bridgehead atoms. The van der Waals surface area contributed by atoms with E-state index in [1.165, 1.54) is 12.2 Å². The van der Waals surface area contributed by atoms with Gasteiger partial charge in [-0.1, -0.05) is 19.0 Å². The van der Waals surface area contributed by atoms with Crippen LogP contribution < -0.4 is 5.73 Å². The van der Waals surface area contributed by atoms with E-state index < -0.39 is 5.54 Å². The molecule has 2 rings (SSSR count). The standard InChI is InChI=1S/C12H21N3OS/c1-4-12(13,5-2)9-14-10(16-15-9)11(3)7-6-8-17-11/h4-8,13H2,1-3H3. The van der Waals surface area contributed by atoms with Gasteiger partial charge in [-0.3, -0.25) is 0 Å². The molecular weight excluding hydrogens is 234 g/mol. The summed E-state index contributed by atoms with van der Waals surface area (Å²) in [6.45, 7) is 6.30. The molecule has 0 aliphatic carbocycles. The van der Waals surface area contributed by atoms with Gasteiger partial charge in [-0.05, 0) is 38.4 Å². The molecule has 2 heterocycles. The van der Waals surface area contributed by atoms with Crippen LogP contribution in [0.4, 0.5) is 0 Å². The lowest BCUT2D eigenvalue weighted by molar-refractivity contribution is 0.319. The molecule has 0 amide bonds. The molecule has 96 valence electrons. The smallest absolute Gasteiger partial charge is 0.242 e. The van der Waals surface area contributed by atoms with Crippen molar-refractivity contribution in [3.63, 3.8) is 0 Å². The number of aromatic nitrogens is 2. The Morgan fingerprint density at radius 1 is 1.47 bits per heavy atom. The second-order valence-electron chi connectivity index (χ2n) is 4.97. The van der Waals surface area contributed by atoms with E-state index in [0.29, 0.717) is 5.82 Å². The number of nitrogens with two attached hydrogens (primary N) is 1. The SMILES string of the molecule is CCC(N)(CC)c1noc(C2(C)CCCS2)n1. The van der Waals surface area contributed by atoms with Gasteiger partial charge >= 0.3 is 0 Å². The predicted octanol–water partition coefficient (Wildman–Crippen LogP) is 2.79. The van der Waals surface area contributed by atoms with Gasteiger partial charge in [0.1, 0.15) is 0 Å². The third-order valence-corrected chi connectivity index (χ3v) is 5.31. The second kappa shape index (κ2) is 4.61. The molecule has 1 aromatic rings. The van der Waals surface area contributed by atoms with Crippen LogP contribution >= 0.6 is 11.8 Å². The number of hydrogen-bond donors (Lipinski definition) is 1. The van der Waals surface area contributed by atoms with Gasteiger partial charge in [0.2, 0.25) is 5.89 Å². The Bertz CT molecular complexity index is 362. The van der Waals surface area contributed by atoms with Gasteiger partial charge in [0.15, 0.2) is 5.82 Å². The van der Waals surface area contributed by atoms with E-state index in [4.69, 9.17) is 10.3 Å².